The molecular weight excluding hydrogens is 763 g/mol. The normalized spacial score (nSPS) is 18.1. The topological polar surface area (TPSA) is 86.8 Å². The van der Waals surface area contributed by atoms with Crippen molar-refractivity contribution in [3.63, 3.8) is 0 Å². The highest BCUT2D eigenvalue weighted by molar-refractivity contribution is 7.84. The van der Waals surface area contributed by atoms with Crippen LogP contribution in [0.15, 0.2) is 121 Å². The maximum absolute atomic E-state index is 13.0. The van der Waals surface area contributed by atoms with Crippen molar-refractivity contribution in [1.29, 1.82) is 0 Å². The summed E-state index contributed by atoms with van der Waals surface area (Å²) in [5, 5.41) is 4.95. The van der Waals surface area contributed by atoms with Crippen LogP contribution in [-0.4, -0.2) is 39.6 Å². The van der Waals surface area contributed by atoms with E-state index < -0.39 is 11.0 Å². The van der Waals surface area contributed by atoms with Crippen molar-refractivity contribution < 1.29 is 18.6 Å². The van der Waals surface area contributed by atoms with E-state index in [1.54, 1.807) is 0 Å². The molecule has 7 nitrogen and oxygen atoms in total. The van der Waals surface area contributed by atoms with Gasteiger partial charge in [0.1, 0.15) is 0 Å². The first kappa shape index (κ1) is 40.0. The van der Waals surface area contributed by atoms with Gasteiger partial charge in [0.15, 0.2) is 5.78 Å². The Morgan fingerprint density at radius 3 is 1.63 bits per heavy atom. The second kappa shape index (κ2) is 16.5. The fourth-order valence-electron chi connectivity index (χ4n) is 8.55. The fraction of sp³-hybridized carbons (Fsp3) is 0.327. The van der Waals surface area contributed by atoms with Crippen LogP contribution in [-0.2, 0) is 33.4 Å². The number of nitrogens with zero attached hydrogens (tertiary/aromatic N) is 2. The van der Waals surface area contributed by atoms with Gasteiger partial charge >= 0.3 is 0 Å². The highest BCUT2D eigenvalue weighted by atomic mass is 32.2. The number of nitrogens with one attached hydrogen (secondary N) is 1. The van der Waals surface area contributed by atoms with Crippen LogP contribution in [0.5, 0.6) is 0 Å². The average molecular weight is 816 g/mol. The molecule has 0 unspecified atom stereocenters. The van der Waals surface area contributed by atoms with E-state index in [1.807, 2.05) is 48.8 Å². The summed E-state index contributed by atoms with van der Waals surface area (Å²) < 4.78 is 15.9. The van der Waals surface area contributed by atoms with Gasteiger partial charge in [0.2, 0.25) is 11.8 Å². The molecule has 2 aliphatic carbocycles. The van der Waals surface area contributed by atoms with Crippen LogP contribution >= 0.6 is 0 Å². The van der Waals surface area contributed by atoms with Gasteiger partial charge in [-0.05, 0) is 133 Å². The van der Waals surface area contributed by atoms with Crippen molar-refractivity contribution in [2.45, 2.75) is 82.9 Å². The quantitative estimate of drug-likeness (QED) is 0.166. The molecule has 2 aliphatic heterocycles. The summed E-state index contributed by atoms with van der Waals surface area (Å²) >= 11 is 0. The lowest BCUT2D eigenvalue weighted by Gasteiger charge is -2.36. The van der Waals surface area contributed by atoms with Crippen molar-refractivity contribution in [3.05, 3.63) is 155 Å². The van der Waals surface area contributed by atoms with Crippen LogP contribution in [0, 0.1) is 11.8 Å². The smallest absolute Gasteiger partial charge is 0.230 e. The summed E-state index contributed by atoms with van der Waals surface area (Å²) in [5.41, 5.74) is 8.37. The number of fused-ring (bicyclic) bond motifs is 4. The van der Waals surface area contributed by atoms with E-state index in [-0.39, 0.29) is 40.2 Å². The number of hydrogen-bond acceptors (Lipinski definition) is 4. The lowest BCUT2D eigenvalue weighted by atomic mass is 9.92. The summed E-state index contributed by atoms with van der Waals surface area (Å²) in [6, 6.07) is 42.3. The molecule has 2 heterocycles. The molecule has 0 spiro atoms. The molecule has 0 aromatic heterocycles. The van der Waals surface area contributed by atoms with Gasteiger partial charge in [-0.1, -0.05) is 103 Å². The Kier molecular flexibility index (Phi) is 11.0. The van der Waals surface area contributed by atoms with E-state index in [0.29, 0.717) is 25.1 Å². The minimum absolute atomic E-state index is 0.0279. The van der Waals surface area contributed by atoms with Gasteiger partial charge in [0.25, 0.3) is 0 Å². The number of anilines is 2. The molecule has 2 atom stereocenters. The molecule has 2 fully saturated rings. The molecule has 60 heavy (non-hydrogen) atoms. The summed E-state index contributed by atoms with van der Waals surface area (Å²) in [7, 11) is -1.17. The zero-order valence-electron chi connectivity index (χ0n) is 34.8. The van der Waals surface area contributed by atoms with E-state index in [0.717, 1.165) is 67.4 Å². The number of carbonyl (C=O) groups is 3. The van der Waals surface area contributed by atoms with Gasteiger partial charge in [-0.15, -0.1) is 0 Å². The van der Waals surface area contributed by atoms with E-state index in [4.69, 9.17) is 0 Å². The summed E-state index contributed by atoms with van der Waals surface area (Å²) in [6.07, 6.45) is 6.77. The highest BCUT2D eigenvalue weighted by Crippen LogP contribution is 2.40. The number of benzene rings is 6. The molecule has 2 saturated carbocycles. The Hall–Kier alpha value is -5.44. The predicted molar refractivity (Wildman–Crippen MR) is 244 cm³/mol. The third-order valence-corrected chi connectivity index (χ3v) is 13.9. The number of amides is 2. The number of Topliss-reactive ketones (excluding diaryl/α,β-unsaturated/α-hetero) is 1. The van der Waals surface area contributed by atoms with Crippen molar-refractivity contribution in [3.8, 4) is 0 Å². The predicted octanol–water partition coefficient (Wildman–Crippen LogP) is 10.4. The Labute approximate surface area is 355 Å². The molecule has 2 amide bonds. The van der Waals surface area contributed by atoms with Crippen LogP contribution in [0.2, 0.25) is 0 Å². The second-order valence-electron chi connectivity index (χ2n) is 18.0. The number of carbonyl (C=O) groups excluding carboxylic acids is 3. The molecule has 10 rings (SSSR count). The van der Waals surface area contributed by atoms with Crippen LogP contribution in [0.4, 0.5) is 11.4 Å². The van der Waals surface area contributed by atoms with Crippen LogP contribution in [0.25, 0.3) is 21.5 Å². The van der Waals surface area contributed by atoms with E-state index in [2.05, 4.69) is 108 Å². The maximum Gasteiger partial charge on any atom is 0.230 e. The van der Waals surface area contributed by atoms with E-state index in [1.165, 1.54) is 38.2 Å². The standard InChI is InChI=1S/C28H32N2O2S.C24H21NO2/c1-28(2,3)33(32)29-25-14-15-30(27(31)22-11-12-22)26-13-9-20(18-24(25)26)16-19-8-10-21-6-4-5-7-23(21)17-19;26-23-11-12-25(24(27)19-8-9-19)22-10-6-17(15-21(22)23)13-16-5-7-18-3-1-2-4-20(18)14-16/h4-10,13,17-18,22,25,29H,11-12,14-16H2,1-3H3;1-7,10,14-15,19H,8-9,11-13H2/t25-,33-;/m1./s1. The number of rotatable bonds is 8. The third kappa shape index (κ3) is 8.72. The Bertz CT molecular complexity index is 2660. The molecule has 6 aromatic rings. The molecule has 1 N–H and O–H groups in total. The van der Waals surface area contributed by atoms with Crippen molar-refractivity contribution >= 4 is 61.5 Å². The van der Waals surface area contributed by atoms with Crippen LogP contribution < -0.4 is 14.5 Å². The van der Waals surface area contributed by atoms with Gasteiger partial charge in [-0.25, -0.2) is 8.93 Å². The Balaban J connectivity index is 0.000000157. The van der Waals surface area contributed by atoms with Crippen molar-refractivity contribution in [1.82, 2.24) is 4.72 Å². The molecule has 0 bridgehead atoms. The maximum atomic E-state index is 13.0. The zero-order chi connectivity index (χ0) is 41.5. The molecule has 0 saturated heterocycles. The molecule has 6 aromatic carbocycles. The number of hydrogen-bond donors (Lipinski definition) is 1. The monoisotopic (exact) mass is 815 g/mol. The zero-order valence-corrected chi connectivity index (χ0v) is 35.6. The summed E-state index contributed by atoms with van der Waals surface area (Å²) in [4.78, 5) is 41.8. The minimum Gasteiger partial charge on any atom is -0.312 e. The lowest BCUT2D eigenvalue weighted by molar-refractivity contribution is -0.120. The first-order valence-electron chi connectivity index (χ1n) is 21.5. The van der Waals surface area contributed by atoms with Gasteiger partial charge in [-0.3, -0.25) is 14.4 Å². The molecule has 0 radical (unpaired) electrons. The Morgan fingerprint density at radius 1 is 0.600 bits per heavy atom. The fourth-order valence-corrected chi connectivity index (χ4v) is 9.41. The van der Waals surface area contributed by atoms with Gasteiger partial charge in [-0.2, -0.15) is 0 Å². The van der Waals surface area contributed by atoms with Gasteiger partial charge in [0, 0.05) is 48.6 Å². The van der Waals surface area contributed by atoms with E-state index in [9.17, 15) is 18.6 Å². The average Bonchev–Trinajstić information content (AvgIpc) is 4.19. The highest BCUT2D eigenvalue weighted by Gasteiger charge is 2.39. The molecule has 306 valence electrons. The second-order valence-corrected chi connectivity index (χ2v) is 20.0. The Morgan fingerprint density at radius 2 is 1.08 bits per heavy atom. The molecule has 4 aliphatic rings. The third-order valence-electron chi connectivity index (χ3n) is 12.2. The molecular formula is C52H53N3O4S. The number of ketones is 1. The summed E-state index contributed by atoms with van der Waals surface area (Å²) in [6.45, 7) is 7.15. The van der Waals surface area contributed by atoms with Crippen molar-refractivity contribution in [2.24, 2.45) is 11.8 Å². The molecule has 8 heteroatoms. The first-order valence-corrected chi connectivity index (χ1v) is 22.7. The van der Waals surface area contributed by atoms with Gasteiger partial charge < -0.3 is 9.80 Å². The van der Waals surface area contributed by atoms with E-state index >= 15 is 0 Å². The lowest BCUT2D eigenvalue weighted by Crippen LogP contribution is -2.43. The summed E-state index contributed by atoms with van der Waals surface area (Å²) in [5.74, 6) is 0.928. The first-order chi connectivity index (χ1) is 29.0. The van der Waals surface area contributed by atoms with Crippen LogP contribution in [0.3, 0.4) is 0 Å². The van der Waals surface area contributed by atoms with Crippen LogP contribution in [0.1, 0.15) is 104 Å². The largest absolute Gasteiger partial charge is 0.312 e. The SMILES string of the molecule is CC(C)(C)[S@@](=O)N[C@@H]1CCN(C(=O)C2CC2)c2ccc(Cc3ccc4ccccc4c3)cc21.O=C1CCN(C(=O)C2CC2)c2ccc(Cc3ccc4ccccc4c3)cc21. The van der Waals surface area contributed by atoms with Crippen molar-refractivity contribution in [2.75, 3.05) is 22.9 Å². The minimum atomic E-state index is -1.17. The van der Waals surface area contributed by atoms with Gasteiger partial charge in [0.05, 0.1) is 21.4 Å².